The van der Waals surface area contributed by atoms with E-state index in [1.807, 2.05) is 6.92 Å². The first kappa shape index (κ1) is 25.4. The average Bonchev–Trinajstić information content (AvgIpc) is 2.95. The predicted octanol–water partition coefficient (Wildman–Crippen LogP) is 2.83. The van der Waals surface area contributed by atoms with Crippen LogP contribution in [-0.2, 0) is 9.53 Å². The lowest BCUT2D eigenvalue weighted by atomic mass is 10.4. The van der Waals surface area contributed by atoms with Crippen LogP contribution in [0.15, 0.2) is 12.1 Å². The van der Waals surface area contributed by atoms with Crippen molar-refractivity contribution in [3.8, 4) is 0 Å². The van der Waals surface area contributed by atoms with Gasteiger partial charge in [-0.1, -0.05) is 0 Å². The van der Waals surface area contributed by atoms with E-state index in [1.165, 1.54) is 11.3 Å². The number of hydrogen-bond donors (Lipinski definition) is 1. The Morgan fingerprint density at radius 2 is 1.45 bits per heavy atom. The van der Waals surface area contributed by atoms with Gasteiger partial charge >= 0.3 is 0 Å². The van der Waals surface area contributed by atoms with Crippen LogP contribution >= 0.6 is 11.3 Å². The summed E-state index contributed by atoms with van der Waals surface area (Å²) in [5, 5.41) is 0. The van der Waals surface area contributed by atoms with E-state index >= 15 is 0 Å². The van der Waals surface area contributed by atoms with Crippen molar-refractivity contribution in [3.05, 3.63) is 21.9 Å². The van der Waals surface area contributed by atoms with E-state index < -0.39 is 6.43 Å². The number of rotatable bonds is 4. The summed E-state index contributed by atoms with van der Waals surface area (Å²) in [6.45, 7) is 5.24. The van der Waals surface area contributed by atoms with Crippen LogP contribution in [-0.4, -0.2) is 45.0 Å². The molecule has 128 valence electrons. The molecule has 0 aliphatic rings. The zero-order valence-corrected chi connectivity index (χ0v) is 13.9. The largest absolute Gasteiger partial charge is 0.385 e. The van der Waals surface area contributed by atoms with Crippen LogP contribution in [0.25, 0.3) is 0 Å². The molecule has 1 rings (SSSR count). The first-order valence-corrected chi connectivity index (χ1v) is 7.08. The third-order valence-electron chi connectivity index (χ3n) is 1.38. The third kappa shape index (κ3) is 26.9. The second-order valence-electron chi connectivity index (χ2n) is 3.57. The molecule has 0 fully saturated rings. The molecule has 0 spiro atoms. The van der Waals surface area contributed by atoms with Gasteiger partial charge in [-0.05, 0) is 32.9 Å². The molecule has 8 heteroatoms. The highest BCUT2D eigenvalue weighted by atomic mass is 32.1. The lowest BCUT2D eigenvalue weighted by Gasteiger charge is -1.80. The van der Waals surface area contributed by atoms with Crippen LogP contribution in [0.1, 0.15) is 40.1 Å². The minimum absolute atomic E-state index is 0.296. The number of hydrogen-bond acceptors (Lipinski definition) is 6. The molecular weight excluding hydrogens is 316 g/mol. The quantitative estimate of drug-likeness (QED) is 0.853. The summed E-state index contributed by atoms with van der Waals surface area (Å²) in [5.41, 5.74) is 4.92. The molecule has 0 aliphatic carbocycles. The lowest BCUT2D eigenvalue weighted by Crippen LogP contribution is -2.15. The number of alkyl halides is 2. The molecule has 1 unspecified atom stereocenters. The number of ether oxygens (including phenoxy) is 1. The minimum atomic E-state index is -2.17. The maximum atomic E-state index is 10.3. The summed E-state index contributed by atoms with van der Waals surface area (Å²) in [5.74, 6) is 0. The Hall–Kier alpha value is -1.51. The molecule has 0 aliphatic heterocycles. The van der Waals surface area contributed by atoms with Gasteiger partial charge in [0.25, 0.3) is 0 Å². The van der Waals surface area contributed by atoms with Gasteiger partial charge in [0.05, 0.1) is 15.8 Å². The summed E-state index contributed by atoms with van der Waals surface area (Å²) in [7, 11) is 1.68. The molecule has 1 aromatic heterocycles. The molecule has 2 N–H and O–H groups in total. The van der Waals surface area contributed by atoms with Crippen LogP contribution in [0.4, 0.5) is 8.78 Å². The molecule has 0 amide bonds. The number of carbonyl (C=O) groups excluding carboxylic acids is 3. The second kappa shape index (κ2) is 19.5. The smallest absolute Gasteiger partial charge is 0.235 e. The molecule has 0 aromatic carbocycles. The molecule has 5 nitrogen and oxygen atoms in total. The second-order valence-corrected chi connectivity index (χ2v) is 4.71. The number of methoxy groups -OCH3 is 1. The monoisotopic (exact) mass is 339 g/mol. The number of aldehydes is 3. The van der Waals surface area contributed by atoms with Gasteiger partial charge in [0.15, 0.2) is 12.6 Å². The SMILES string of the molecule is CC(F)F.CC(N)C=O.CCOC.O=Cc1ccc(C=O)s1. The molecular formula is C14H23F2NO4S. The molecule has 0 saturated carbocycles. The highest BCUT2D eigenvalue weighted by molar-refractivity contribution is 7.15. The van der Waals surface area contributed by atoms with Crippen molar-refractivity contribution < 1.29 is 27.9 Å². The van der Waals surface area contributed by atoms with Crippen LogP contribution < -0.4 is 5.73 Å². The van der Waals surface area contributed by atoms with E-state index in [0.717, 1.165) is 26.1 Å². The summed E-state index contributed by atoms with van der Waals surface area (Å²) in [4.78, 5) is 30.6. The highest BCUT2D eigenvalue weighted by Gasteiger charge is 1.94. The van der Waals surface area contributed by atoms with Gasteiger partial charge in [-0.2, -0.15) is 0 Å². The first-order chi connectivity index (χ1) is 10.3. The van der Waals surface area contributed by atoms with Gasteiger partial charge in [0.2, 0.25) is 6.43 Å². The molecule has 1 heterocycles. The summed E-state index contributed by atoms with van der Waals surface area (Å²) in [6, 6.07) is 2.96. The van der Waals surface area contributed by atoms with Gasteiger partial charge in [0, 0.05) is 13.7 Å². The Balaban J connectivity index is -0.000000240. The zero-order valence-electron chi connectivity index (χ0n) is 13.1. The number of carbonyl (C=O) groups is 3. The Labute approximate surface area is 133 Å². The number of halogens is 2. The normalized spacial score (nSPS) is 9.82. The van der Waals surface area contributed by atoms with Crippen molar-refractivity contribution in [1.29, 1.82) is 0 Å². The third-order valence-corrected chi connectivity index (χ3v) is 2.32. The molecule has 22 heavy (non-hydrogen) atoms. The Morgan fingerprint density at radius 3 is 1.55 bits per heavy atom. The molecule has 0 bridgehead atoms. The first-order valence-electron chi connectivity index (χ1n) is 6.27. The number of nitrogens with two attached hydrogens (primary N) is 1. The average molecular weight is 339 g/mol. The fourth-order valence-electron chi connectivity index (χ4n) is 0.495. The van der Waals surface area contributed by atoms with Gasteiger partial charge < -0.3 is 15.3 Å². The van der Waals surface area contributed by atoms with Crippen LogP contribution in [0.3, 0.4) is 0 Å². The molecule has 0 radical (unpaired) electrons. The maximum absolute atomic E-state index is 10.3. The van der Waals surface area contributed by atoms with Crippen molar-refractivity contribution in [1.82, 2.24) is 0 Å². The van der Waals surface area contributed by atoms with Gasteiger partial charge in [-0.15, -0.1) is 11.3 Å². The standard InChI is InChI=1S/C6H4O2S.C3H7NO.C3H8O.C2H4F2/c7-3-5-1-2-6(4-8)9-5;1-3(4)2-5;1-3-4-2;1-2(3)4/h1-4H;2-3H,4H2,1H3;3H2,1-2H3;2H,1H3. The van der Waals surface area contributed by atoms with Crippen molar-refractivity contribution in [2.75, 3.05) is 13.7 Å². The van der Waals surface area contributed by atoms with E-state index in [-0.39, 0.29) is 6.04 Å². The fourth-order valence-corrected chi connectivity index (χ4v) is 1.14. The van der Waals surface area contributed by atoms with E-state index in [9.17, 15) is 23.2 Å². The molecule has 1 atom stereocenters. The summed E-state index contributed by atoms with van der Waals surface area (Å²) in [6.07, 6.45) is -0.00463. The van der Waals surface area contributed by atoms with E-state index in [1.54, 1.807) is 26.2 Å². The number of thiophene rings is 1. The van der Waals surface area contributed by atoms with Crippen molar-refractivity contribution in [3.63, 3.8) is 0 Å². The fraction of sp³-hybridized carbons (Fsp3) is 0.500. The van der Waals surface area contributed by atoms with Gasteiger partial charge in [-0.25, -0.2) is 8.78 Å². The lowest BCUT2D eigenvalue weighted by molar-refractivity contribution is -0.108. The van der Waals surface area contributed by atoms with Crippen molar-refractivity contribution in [2.45, 2.75) is 33.2 Å². The zero-order chi connectivity index (χ0) is 18.0. The summed E-state index contributed by atoms with van der Waals surface area (Å²) < 4.78 is 25.2. The van der Waals surface area contributed by atoms with E-state index in [0.29, 0.717) is 16.0 Å². The molecule has 0 saturated heterocycles. The van der Waals surface area contributed by atoms with Crippen LogP contribution in [0, 0.1) is 0 Å². The predicted molar refractivity (Wildman–Crippen MR) is 84.0 cm³/mol. The van der Waals surface area contributed by atoms with Crippen LogP contribution in [0.2, 0.25) is 0 Å². The van der Waals surface area contributed by atoms with Crippen LogP contribution in [0.5, 0.6) is 0 Å². The summed E-state index contributed by atoms with van der Waals surface area (Å²) >= 11 is 1.20. The molecule has 1 aromatic rings. The minimum Gasteiger partial charge on any atom is -0.385 e. The van der Waals surface area contributed by atoms with Crippen molar-refractivity contribution >= 4 is 30.2 Å². The van der Waals surface area contributed by atoms with Gasteiger partial charge in [-0.3, -0.25) is 9.59 Å². The highest BCUT2D eigenvalue weighted by Crippen LogP contribution is 2.10. The van der Waals surface area contributed by atoms with Gasteiger partial charge in [0.1, 0.15) is 6.29 Å². The Kier molecular flexibility index (Phi) is 22.5. The van der Waals surface area contributed by atoms with E-state index in [4.69, 9.17) is 5.73 Å². The van der Waals surface area contributed by atoms with Crippen molar-refractivity contribution in [2.24, 2.45) is 5.73 Å². The Bertz CT molecular complexity index is 357. The maximum Gasteiger partial charge on any atom is 0.235 e. The Morgan fingerprint density at radius 1 is 1.18 bits per heavy atom. The van der Waals surface area contributed by atoms with E-state index in [2.05, 4.69) is 4.74 Å². The topological polar surface area (TPSA) is 86.5 Å².